The van der Waals surface area contributed by atoms with E-state index >= 15 is 0 Å². The predicted octanol–water partition coefficient (Wildman–Crippen LogP) is 5.54. The van der Waals surface area contributed by atoms with Crippen molar-refractivity contribution in [2.45, 2.75) is 46.0 Å². The fourth-order valence-corrected chi connectivity index (χ4v) is 2.82. The lowest BCUT2D eigenvalue weighted by Crippen LogP contribution is -2.05. The van der Waals surface area contributed by atoms with E-state index in [1.165, 1.54) is 17.3 Å². The summed E-state index contributed by atoms with van der Waals surface area (Å²) in [5, 5.41) is 11.6. The quantitative estimate of drug-likeness (QED) is 0.467. The van der Waals surface area contributed by atoms with Gasteiger partial charge in [-0.3, -0.25) is 0 Å². The van der Waals surface area contributed by atoms with Crippen LogP contribution in [0.2, 0.25) is 5.02 Å². The first-order chi connectivity index (χ1) is 9.63. The molecule has 1 unspecified atom stereocenters. The molecule has 1 aromatic rings. The van der Waals surface area contributed by atoms with Gasteiger partial charge in [-0.05, 0) is 67.1 Å². The van der Waals surface area contributed by atoms with E-state index in [0.29, 0.717) is 5.92 Å². The highest BCUT2D eigenvalue weighted by Gasteiger charge is 2.16. The number of hydrogen-bond donors (Lipinski definition) is 0. The molecule has 0 aliphatic rings. The Hall–Kier alpha value is -0.850. The van der Waals surface area contributed by atoms with Gasteiger partial charge in [-0.15, -0.1) is 0 Å². The number of rotatable bonds is 8. The van der Waals surface area contributed by atoms with Gasteiger partial charge < -0.3 is 4.74 Å². The number of thioether (sulfide) groups is 1. The molecule has 20 heavy (non-hydrogen) atoms. The van der Waals surface area contributed by atoms with Gasteiger partial charge in [0.1, 0.15) is 11.2 Å². The zero-order valence-electron chi connectivity index (χ0n) is 12.4. The molecule has 0 aromatic heterocycles. The van der Waals surface area contributed by atoms with E-state index in [0.717, 1.165) is 48.0 Å². The lowest BCUT2D eigenvalue weighted by molar-refractivity contribution is 0.311. The van der Waals surface area contributed by atoms with E-state index in [1.807, 2.05) is 19.1 Å². The van der Waals surface area contributed by atoms with Crippen molar-refractivity contribution in [1.82, 2.24) is 0 Å². The van der Waals surface area contributed by atoms with Gasteiger partial charge in [-0.2, -0.15) is 5.26 Å². The van der Waals surface area contributed by atoms with Gasteiger partial charge in [0, 0.05) is 10.8 Å². The van der Waals surface area contributed by atoms with Gasteiger partial charge in [0.05, 0.1) is 6.61 Å². The van der Waals surface area contributed by atoms with Crippen molar-refractivity contribution in [2.24, 2.45) is 0 Å². The van der Waals surface area contributed by atoms with Crippen LogP contribution in [0.4, 0.5) is 0 Å². The minimum atomic E-state index is 0.390. The van der Waals surface area contributed by atoms with E-state index < -0.39 is 0 Å². The summed E-state index contributed by atoms with van der Waals surface area (Å²) in [5.74, 6) is 2.18. The first-order valence-corrected chi connectivity index (χ1v) is 8.44. The van der Waals surface area contributed by atoms with Crippen LogP contribution in [0.3, 0.4) is 0 Å². The molecule has 0 heterocycles. The number of hydrogen-bond acceptors (Lipinski definition) is 3. The van der Waals surface area contributed by atoms with E-state index in [1.54, 1.807) is 0 Å². The Morgan fingerprint density at radius 1 is 1.40 bits per heavy atom. The Kier molecular flexibility index (Phi) is 7.87. The smallest absolute Gasteiger partial charge is 0.133 e. The average Bonchev–Trinajstić information content (AvgIpc) is 2.45. The zero-order valence-corrected chi connectivity index (χ0v) is 14.0. The van der Waals surface area contributed by atoms with E-state index in [4.69, 9.17) is 21.6 Å². The molecular formula is C16H22ClNOS. The van der Waals surface area contributed by atoms with Gasteiger partial charge in [0.25, 0.3) is 0 Å². The second-order valence-electron chi connectivity index (χ2n) is 4.82. The lowest BCUT2D eigenvalue weighted by atomic mass is 9.92. The molecule has 0 saturated heterocycles. The van der Waals surface area contributed by atoms with Gasteiger partial charge in [-0.25, -0.2) is 0 Å². The van der Waals surface area contributed by atoms with Crippen molar-refractivity contribution < 1.29 is 4.74 Å². The number of aryl methyl sites for hydroxylation is 1. The van der Waals surface area contributed by atoms with Crippen LogP contribution in [0.5, 0.6) is 5.75 Å². The summed E-state index contributed by atoms with van der Waals surface area (Å²) in [6, 6.07) is 4.07. The van der Waals surface area contributed by atoms with Crippen LogP contribution in [0.15, 0.2) is 12.1 Å². The molecule has 0 spiro atoms. The molecule has 1 atom stereocenters. The van der Waals surface area contributed by atoms with Crippen molar-refractivity contribution in [3.05, 3.63) is 28.3 Å². The van der Waals surface area contributed by atoms with E-state index in [2.05, 4.69) is 19.2 Å². The highest BCUT2D eigenvalue weighted by Crippen LogP contribution is 2.36. The number of halogens is 1. The Labute approximate surface area is 131 Å². The van der Waals surface area contributed by atoms with Crippen LogP contribution in [-0.4, -0.2) is 12.4 Å². The largest absolute Gasteiger partial charge is 0.493 e. The molecule has 0 radical (unpaired) electrons. The van der Waals surface area contributed by atoms with Gasteiger partial charge in [0.2, 0.25) is 0 Å². The number of thiocyanates is 1. The SMILES string of the molecule is CCCOc1cc(C)c(Cl)cc1C(CC)CCSC#N. The maximum Gasteiger partial charge on any atom is 0.133 e. The summed E-state index contributed by atoms with van der Waals surface area (Å²) < 4.78 is 5.88. The van der Waals surface area contributed by atoms with Gasteiger partial charge >= 0.3 is 0 Å². The van der Waals surface area contributed by atoms with E-state index in [-0.39, 0.29) is 0 Å². The molecule has 1 rings (SSSR count). The molecule has 0 aliphatic heterocycles. The molecule has 0 N–H and O–H groups in total. The summed E-state index contributed by atoms with van der Waals surface area (Å²) in [7, 11) is 0. The normalized spacial score (nSPS) is 11.9. The molecule has 1 aromatic carbocycles. The Morgan fingerprint density at radius 2 is 2.15 bits per heavy atom. The first-order valence-electron chi connectivity index (χ1n) is 7.07. The molecule has 0 aliphatic carbocycles. The summed E-state index contributed by atoms with van der Waals surface area (Å²) >= 11 is 7.58. The second kappa shape index (κ2) is 9.15. The Morgan fingerprint density at radius 3 is 2.75 bits per heavy atom. The Bertz CT molecular complexity index is 470. The van der Waals surface area contributed by atoms with E-state index in [9.17, 15) is 0 Å². The highest BCUT2D eigenvalue weighted by molar-refractivity contribution is 8.03. The van der Waals surface area contributed by atoms with Crippen LogP contribution in [0.1, 0.15) is 50.2 Å². The molecule has 2 nitrogen and oxygen atoms in total. The number of benzene rings is 1. The minimum Gasteiger partial charge on any atom is -0.493 e. The summed E-state index contributed by atoms with van der Waals surface area (Å²) in [6.07, 6.45) is 2.98. The molecule has 0 amide bonds. The van der Waals surface area contributed by atoms with Crippen LogP contribution in [0, 0.1) is 17.6 Å². The summed E-state index contributed by atoms with van der Waals surface area (Å²) in [4.78, 5) is 0. The number of nitrogens with zero attached hydrogens (tertiary/aromatic N) is 1. The van der Waals surface area contributed by atoms with Crippen molar-refractivity contribution in [3.8, 4) is 11.2 Å². The van der Waals surface area contributed by atoms with Crippen molar-refractivity contribution in [1.29, 1.82) is 5.26 Å². The third kappa shape index (κ3) is 4.92. The van der Waals surface area contributed by atoms with Gasteiger partial charge in [0.15, 0.2) is 0 Å². The summed E-state index contributed by atoms with van der Waals surface area (Å²) in [5.41, 5.74) is 2.22. The number of nitriles is 1. The predicted molar refractivity (Wildman–Crippen MR) is 87.7 cm³/mol. The monoisotopic (exact) mass is 311 g/mol. The minimum absolute atomic E-state index is 0.390. The fraction of sp³-hybridized carbons (Fsp3) is 0.562. The molecule has 0 bridgehead atoms. The molecule has 4 heteroatoms. The first kappa shape index (κ1) is 17.2. The van der Waals surface area contributed by atoms with Crippen molar-refractivity contribution in [3.63, 3.8) is 0 Å². The second-order valence-corrected chi connectivity index (χ2v) is 6.11. The third-order valence-electron chi connectivity index (χ3n) is 3.32. The maximum atomic E-state index is 8.64. The standard InChI is InChI=1S/C16H22ClNOS/c1-4-7-19-16-9-12(3)15(17)10-14(16)13(5-2)6-8-20-11-18/h9-10,13H,4-8H2,1-3H3. The van der Waals surface area contributed by atoms with Crippen LogP contribution < -0.4 is 4.74 Å². The lowest BCUT2D eigenvalue weighted by Gasteiger charge is -2.20. The Balaban J connectivity index is 2.98. The van der Waals surface area contributed by atoms with Crippen LogP contribution in [0.25, 0.3) is 0 Å². The highest BCUT2D eigenvalue weighted by atomic mass is 35.5. The average molecular weight is 312 g/mol. The third-order valence-corrected chi connectivity index (χ3v) is 4.29. The zero-order chi connectivity index (χ0) is 15.0. The molecule has 0 fully saturated rings. The van der Waals surface area contributed by atoms with Crippen molar-refractivity contribution >= 4 is 23.4 Å². The van der Waals surface area contributed by atoms with Crippen LogP contribution in [-0.2, 0) is 0 Å². The topological polar surface area (TPSA) is 33.0 Å². The summed E-state index contributed by atoms with van der Waals surface area (Å²) in [6.45, 7) is 6.98. The van der Waals surface area contributed by atoms with Gasteiger partial charge in [-0.1, -0.05) is 25.4 Å². The molecular weight excluding hydrogens is 290 g/mol. The molecule has 0 saturated carbocycles. The maximum absolute atomic E-state index is 8.64. The fourth-order valence-electron chi connectivity index (χ4n) is 2.15. The number of ether oxygens (including phenoxy) is 1. The van der Waals surface area contributed by atoms with Crippen LogP contribution >= 0.6 is 23.4 Å². The molecule has 110 valence electrons. The van der Waals surface area contributed by atoms with Crippen molar-refractivity contribution in [2.75, 3.05) is 12.4 Å².